The highest BCUT2D eigenvalue weighted by molar-refractivity contribution is 9.12. The van der Waals surface area contributed by atoms with Crippen LogP contribution in [0.15, 0.2) is 24.3 Å². The lowest BCUT2D eigenvalue weighted by Crippen LogP contribution is -2.08. The minimum absolute atomic E-state index is 0.360. The molecule has 2 rings (SSSR count). The Balaban J connectivity index is 1.94. The van der Waals surface area contributed by atoms with Gasteiger partial charge in [0, 0.05) is 33.2 Å². The van der Waals surface area contributed by atoms with Crippen molar-refractivity contribution in [3.05, 3.63) is 34.9 Å². The summed E-state index contributed by atoms with van der Waals surface area (Å²) in [7, 11) is -1.99. The average Bonchev–Trinajstić information content (AvgIpc) is 2.53. The summed E-state index contributed by atoms with van der Waals surface area (Å²) >= 11 is 13.0. The summed E-state index contributed by atoms with van der Waals surface area (Å²) in [6.45, 7) is 0. The summed E-state index contributed by atoms with van der Waals surface area (Å²) < 4.78 is 12.6. The quantitative estimate of drug-likeness (QED) is 0.527. The molecule has 1 fully saturated rings. The number of hydrogen-bond acceptors (Lipinski definition) is 1. The van der Waals surface area contributed by atoms with E-state index in [9.17, 15) is 4.57 Å². The molecular weight excluding hydrogens is 386 g/mol. The molecule has 0 saturated carbocycles. The first-order valence-electron chi connectivity index (χ1n) is 5.58. The van der Waals surface area contributed by atoms with Crippen molar-refractivity contribution in [2.45, 2.75) is 16.1 Å². The SMILES string of the molecule is O=P1(CCc2ccc(Cl)cc2)C[C@@H](Br)[C@@H](Br)C1. The Morgan fingerprint density at radius 1 is 1.18 bits per heavy atom. The van der Waals surface area contributed by atoms with E-state index in [1.54, 1.807) is 0 Å². The summed E-state index contributed by atoms with van der Waals surface area (Å²) in [5, 5.41) is 0.752. The molecule has 1 saturated heterocycles. The van der Waals surface area contributed by atoms with Crippen LogP contribution in [0.4, 0.5) is 0 Å². The second-order valence-corrected chi connectivity index (χ2v) is 10.6. The van der Waals surface area contributed by atoms with Crippen molar-refractivity contribution in [1.82, 2.24) is 0 Å². The highest BCUT2D eigenvalue weighted by atomic mass is 79.9. The van der Waals surface area contributed by atoms with Crippen molar-refractivity contribution in [2.75, 3.05) is 18.5 Å². The lowest BCUT2D eigenvalue weighted by molar-refractivity contribution is 0.578. The third kappa shape index (κ3) is 3.83. The Kier molecular flexibility index (Phi) is 4.79. The van der Waals surface area contributed by atoms with Crippen LogP contribution in [0.3, 0.4) is 0 Å². The first-order chi connectivity index (χ1) is 7.98. The molecule has 1 aliphatic rings. The summed E-state index contributed by atoms with van der Waals surface area (Å²) in [5.74, 6) is 0. The lowest BCUT2D eigenvalue weighted by Gasteiger charge is -2.10. The molecule has 0 aromatic heterocycles. The van der Waals surface area contributed by atoms with E-state index < -0.39 is 7.14 Å². The van der Waals surface area contributed by atoms with Gasteiger partial charge < -0.3 is 4.57 Å². The summed E-state index contributed by atoms with van der Waals surface area (Å²) in [6.07, 6.45) is 3.32. The maximum atomic E-state index is 12.6. The summed E-state index contributed by atoms with van der Waals surface area (Å²) in [5.41, 5.74) is 1.22. The van der Waals surface area contributed by atoms with Gasteiger partial charge in [-0.25, -0.2) is 0 Å². The van der Waals surface area contributed by atoms with Crippen LogP contribution in [-0.4, -0.2) is 28.1 Å². The number of aryl methyl sites for hydroxylation is 1. The topological polar surface area (TPSA) is 17.1 Å². The average molecular weight is 400 g/mol. The molecule has 5 heteroatoms. The van der Waals surface area contributed by atoms with Gasteiger partial charge in [0.1, 0.15) is 0 Å². The third-order valence-electron chi connectivity index (χ3n) is 3.13. The lowest BCUT2D eigenvalue weighted by atomic mass is 10.2. The number of halogens is 3. The van der Waals surface area contributed by atoms with Gasteiger partial charge in [-0.05, 0) is 24.1 Å². The van der Waals surface area contributed by atoms with Crippen LogP contribution in [0.1, 0.15) is 5.56 Å². The van der Waals surface area contributed by atoms with Crippen LogP contribution in [-0.2, 0) is 11.0 Å². The largest absolute Gasteiger partial charge is 0.323 e. The van der Waals surface area contributed by atoms with E-state index in [4.69, 9.17) is 11.6 Å². The first-order valence-corrected chi connectivity index (χ1v) is 10.1. The molecular formula is C12H14Br2ClOP. The van der Waals surface area contributed by atoms with E-state index in [1.165, 1.54) is 5.56 Å². The predicted molar refractivity (Wildman–Crippen MR) is 82.8 cm³/mol. The fourth-order valence-corrected chi connectivity index (χ4v) is 9.31. The van der Waals surface area contributed by atoms with Gasteiger partial charge in [0.25, 0.3) is 0 Å². The monoisotopic (exact) mass is 398 g/mol. The third-order valence-corrected chi connectivity index (χ3v) is 10.2. The minimum Gasteiger partial charge on any atom is -0.323 e. The van der Waals surface area contributed by atoms with E-state index >= 15 is 0 Å². The fraction of sp³-hybridized carbons (Fsp3) is 0.500. The van der Waals surface area contributed by atoms with Gasteiger partial charge in [0.15, 0.2) is 0 Å². The Morgan fingerprint density at radius 3 is 2.24 bits per heavy atom. The fourth-order valence-electron chi connectivity index (χ4n) is 2.11. The number of alkyl halides is 2. The van der Waals surface area contributed by atoms with E-state index in [-0.39, 0.29) is 0 Å². The van der Waals surface area contributed by atoms with Crippen molar-refractivity contribution in [1.29, 1.82) is 0 Å². The van der Waals surface area contributed by atoms with Gasteiger partial charge in [0.2, 0.25) is 0 Å². The highest BCUT2D eigenvalue weighted by Crippen LogP contribution is 2.55. The number of rotatable bonds is 3. The molecule has 0 bridgehead atoms. The van der Waals surface area contributed by atoms with Gasteiger partial charge in [-0.15, -0.1) is 0 Å². The van der Waals surface area contributed by atoms with E-state index in [1.807, 2.05) is 24.3 Å². The van der Waals surface area contributed by atoms with Crippen LogP contribution >= 0.6 is 50.6 Å². The van der Waals surface area contributed by atoms with Gasteiger partial charge in [-0.2, -0.15) is 0 Å². The van der Waals surface area contributed by atoms with Gasteiger partial charge in [0.05, 0.1) is 7.14 Å². The van der Waals surface area contributed by atoms with Gasteiger partial charge >= 0.3 is 0 Å². The number of hydrogen-bond donors (Lipinski definition) is 0. The molecule has 0 spiro atoms. The Hall–Kier alpha value is 0.700. The first kappa shape index (κ1) is 14.1. The molecule has 1 heterocycles. The molecule has 1 aromatic rings. The standard InChI is InChI=1S/C12H14Br2ClOP/c13-11-7-17(16,8-12(11)14)6-5-9-1-3-10(15)4-2-9/h1-4,11-12H,5-8H2/t11-,12+,17?. The molecule has 1 unspecified atom stereocenters. The van der Waals surface area contributed by atoms with Gasteiger partial charge in [-0.1, -0.05) is 55.6 Å². The van der Waals surface area contributed by atoms with Crippen LogP contribution in [0.5, 0.6) is 0 Å². The molecule has 3 atom stereocenters. The zero-order chi connectivity index (χ0) is 12.5. The smallest absolute Gasteiger partial charge is 0.0903 e. The summed E-state index contributed by atoms with van der Waals surface area (Å²) in [4.78, 5) is 0.720. The van der Waals surface area contributed by atoms with Crippen LogP contribution < -0.4 is 0 Å². The molecule has 1 aliphatic heterocycles. The van der Waals surface area contributed by atoms with Crippen molar-refractivity contribution in [3.63, 3.8) is 0 Å². The minimum atomic E-state index is -1.99. The molecule has 0 N–H and O–H groups in total. The molecule has 1 nitrogen and oxygen atoms in total. The van der Waals surface area contributed by atoms with Gasteiger partial charge in [-0.3, -0.25) is 0 Å². The predicted octanol–water partition coefficient (Wildman–Crippen LogP) is 4.79. The molecule has 1 aromatic carbocycles. The van der Waals surface area contributed by atoms with Crippen molar-refractivity contribution in [3.8, 4) is 0 Å². The van der Waals surface area contributed by atoms with Crippen LogP contribution in [0, 0.1) is 0 Å². The maximum absolute atomic E-state index is 12.6. The molecule has 0 amide bonds. The molecule has 94 valence electrons. The van der Waals surface area contributed by atoms with E-state index in [2.05, 4.69) is 31.9 Å². The zero-order valence-corrected chi connectivity index (χ0v) is 14.1. The molecule has 0 radical (unpaired) electrons. The van der Waals surface area contributed by atoms with Crippen molar-refractivity contribution < 1.29 is 4.57 Å². The number of benzene rings is 1. The second-order valence-electron chi connectivity index (χ2n) is 4.56. The normalized spacial score (nSPS) is 32.9. The molecule has 17 heavy (non-hydrogen) atoms. The Bertz CT molecular complexity index is 421. The summed E-state index contributed by atoms with van der Waals surface area (Å²) in [6, 6.07) is 7.81. The molecule has 0 aliphatic carbocycles. The Labute approximate surface area is 124 Å². The van der Waals surface area contributed by atoms with Crippen LogP contribution in [0.25, 0.3) is 0 Å². The zero-order valence-electron chi connectivity index (χ0n) is 9.28. The highest BCUT2D eigenvalue weighted by Gasteiger charge is 2.38. The Morgan fingerprint density at radius 2 is 1.71 bits per heavy atom. The maximum Gasteiger partial charge on any atom is 0.0903 e. The second kappa shape index (κ2) is 5.77. The van der Waals surface area contributed by atoms with Crippen molar-refractivity contribution in [2.24, 2.45) is 0 Å². The van der Waals surface area contributed by atoms with E-state index in [0.29, 0.717) is 9.65 Å². The van der Waals surface area contributed by atoms with E-state index in [0.717, 1.165) is 29.9 Å². The van der Waals surface area contributed by atoms with Crippen LogP contribution in [0.2, 0.25) is 5.02 Å². The van der Waals surface area contributed by atoms with Crippen molar-refractivity contribution >= 4 is 50.6 Å².